The smallest absolute Gasteiger partial charge is 0.241 e. The molecule has 3 aromatic carbocycles. The van der Waals surface area contributed by atoms with Gasteiger partial charge >= 0.3 is 0 Å². The van der Waals surface area contributed by atoms with Crippen LogP contribution in [0, 0.1) is 0 Å². The minimum Gasteiger partial charge on any atom is -0.301 e. The van der Waals surface area contributed by atoms with Gasteiger partial charge in [0.25, 0.3) is 0 Å². The van der Waals surface area contributed by atoms with Gasteiger partial charge < -0.3 is 5.32 Å². The number of aryl methyl sites for hydroxylation is 2. The van der Waals surface area contributed by atoms with Crippen molar-refractivity contribution in [2.75, 3.05) is 11.1 Å². The van der Waals surface area contributed by atoms with E-state index in [1.165, 1.54) is 40.0 Å². The quantitative estimate of drug-likeness (QED) is 0.555. The van der Waals surface area contributed by atoms with E-state index >= 15 is 0 Å². The molecule has 1 aliphatic rings. The van der Waals surface area contributed by atoms with Crippen molar-refractivity contribution in [3.63, 3.8) is 0 Å². The zero-order chi connectivity index (χ0) is 19.3. The van der Waals surface area contributed by atoms with Crippen LogP contribution in [0.4, 0.5) is 5.13 Å². The Kier molecular flexibility index (Phi) is 3.96. The van der Waals surface area contributed by atoms with E-state index in [-0.39, 0.29) is 4.90 Å². The maximum Gasteiger partial charge on any atom is 0.241 e. The largest absolute Gasteiger partial charge is 0.301 e. The van der Waals surface area contributed by atoms with Gasteiger partial charge in [-0.2, -0.15) is 0 Å². The van der Waals surface area contributed by atoms with Gasteiger partial charge in [-0.1, -0.05) is 47.7 Å². The summed E-state index contributed by atoms with van der Waals surface area (Å²) in [5, 5.41) is 5.45. The highest BCUT2D eigenvalue weighted by atomic mass is 32.2. The highest BCUT2D eigenvalue weighted by molar-refractivity contribution is 7.92. The number of benzene rings is 3. The molecule has 1 amide bonds. The number of sulfone groups is 1. The predicted octanol–water partition coefficient (Wildman–Crippen LogP) is 3.96. The van der Waals surface area contributed by atoms with Crippen LogP contribution in [0.25, 0.3) is 21.0 Å². The van der Waals surface area contributed by atoms with E-state index in [1.54, 1.807) is 18.2 Å². The normalized spacial score (nSPS) is 13.3. The molecular weight excluding hydrogens is 392 g/mol. The first kappa shape index (κ1) is 17.3. The molecule has 1 N–H and O–H groups in total. The zero-order valence-electron chi connectivity index (χ0n) is 14.8. The fourth-order valence-corrected chi connectivity index (χ4v) is 5.92. The highest BCUT2D eigenvalue weighted by Gasteiger charge is 2.22. The third-order valence-corrected chi connectivity index (χ3v) is 7.57. The molecular formula is C21H16N2O3S2. The average molecular weight is 409 g/mol. The van der Waals surface area contributed by atoms with E-state index in [0.29, 0.717) is 5.13 Å². The minimum absolute atomic E-state index is 0.139. The summed E-state index contributed by atoms with van der Waals surface area (Å²) in [5.74, 6) is -1.19. The number of rotatable bonds is 4. The lowest BCUT2D eigenvalue weighted by Crippen LogP contribution is -2.22. The van der Waals surface area contributed by atoms with Crippen LogP contribution in [-0.2, 0) is 27.5 Å². The molecule has 0 saturated carbocycles. The fraction of sp³-hybridized carbons (Fsp3) is 0.143. The van der Waals surface area contributed by atoms with Crippen LogP contribution in [0.2, 0.25) is 0 Å². The SMILES string of the molecule is O=C(CS(=O)(=O)c1ccccc1)Nc1nc2c(cc3c4c(cccc42)CC3)s1. The van der Waals surface area contributed by atoms with Gasteiger partial charge in [0.2, 0.25) is 5.91 Å². The van der Waals surface area contributed by atoms with Crippen molar-refractivity contribution in [1.29, 1.82) is 0 Å². The lowest BCUT2D eigenvalue weighted by Gasteiger charge is -2.04. The summed E-state index contributed by atoms with van der Waals surface area (Å²) in [6, 6.07) is 16.4. The molecule has 0 aliphatic heterocycles. The van der Waals surface area contributed by atoms with Crippen molar-refractivity contribution in [1.82, 2.24) is 4.98 Å². The van der Waals surface area contributed by atoms with Gasteiger partial charge in [0.05, 0.1) is 15.1 Å². The maximum absolute atomic E-state index is 12.4. The van der Waals surface area contributed by atoms with E-state index in [2.05, 4.69) is 28.5 Å². The Morgan fingerprint density at radius 1 is 1.04 bits per heavy atom. The number of carbonyl (C=O) groups is 1. The molecule has 1 aliphatic carbocycles. The van der Waals surface area contributed by atoms with Gasteiger partial charge in [0.1, 0.15) is 5.75 Å². The number of nitrogens with one attached hydrogen (secondary N) is 1. The van der Waals surface area contributed by atoms with Gasteiger partial charge in [-0.25, -0.2) is 13.4 Å². The number of aromatic nitrogens is 1. The van der Waals surface area contributed by atoms with Crippen molar-refractivity contribution in [3.05, 3.63) is 65.7 Å². The molecule has 5 nitrogen and oxygen atoms in total. The molecule has 0 bridgehead atoms. The van der Waals surface area contributed by atoms with Gasteiger partial charge in [-0.3, -0.25) is 4.79 Å². The van der Waals surface area contributed by atoms with Crippen molar-refractivity contribution in [2.45, 2.75) is 17.7 Å². The van der Waals surface area contributed by atoms with Crippen LogP contribution in [0.5, 0.6) is 0 Å². The van der Waals surface area contributed by atoms with Crippen molar-refractivity contribution in [2.24, 2.45) is 0 Å². The highest BCUT2D eigenvalue weighted by Crippen LogP contribution is 2.39. The van der Waals surface area contributed by atoms with E-state index in [4.69, 9.17) is 0 Å². The first-order valence-electron chi connectivity index (χ1n) is 8.93. The Hall–Kier alpha value is -2.77. The van der Waals surface area contributed by atoms with Crippen molar-refractivity contribution < 1.29 is 13.2 Å². The summed E-state index contributed by atoms with van der Waals surface area (Å²) >= 11 is 1.38. The Balaban J connectivity index is 1.45. The lowest BCUT2D eigenvalue weighted by molar-refractivity contribution is -0.113. The minimum atomic E-state index is -3.68. The first-order chi connectivity index (χ1) is 13.5. The maximum atomic E-state index is 12.4. The lowest BCUT2D eigenvalue weighted by atomic mass is 10.0. The Morgan fingerprint density at radius 2 is 1.82 bits per heavy atom. The van der Waals surface area contributed by atoms with Crippen molar-refractivity contribution >= 4 is 53.2 Å². The number of hydrogen-bond donors (Lipinski definition) is 1. The molecule has 1 aromatic heterocycles. The van der Waals surface area contributed by atoms with Crippen LogP contribution >= 0.6 is 11.3 Å². The van der Waals surface area contributed by atoms with Crippen molar-refractivity contribution in [3.8, 4) is 0 Å². The van der Waals surface area contributed by atoms with Gasteiger partial charge in [0.15, 0.2) is 15.0 Å². The average Bonchev–Trinajstić information content (AvgIpc) is 3.27. The second-order valence-electron chi connectivity index (χ2n) is 6.86. The topological polar surface area (TPSA) is 76.1 Å². The number of hydrogen-bond acceptors (Lipinski definition) is 5. The second-order valence-corrected chi connectivity index (χ2v) is 9.88. The van der Waals surface area contributed by atoms with E-state index in [0.717, 1.165) is 28.4 Å². The molecule has 140 valence electrons. The van der Waals surface area contributed by atoms with E-state index < -0.39 is 21.5 Å². The standard InChI is InChI=1S/C21H16N2O3S2/c24-18(12-28(25,26)15-6-2-1-3-7-15)22-21-23-20-16-8-4-5-13-9-10-14(19(13)16)11-17(20)27-21/h1-8,11H,9-10,12H2,(H,22,23,24). The number of amides is 1. The molecule has 1 heterocycles. The molecule has 0 fully saturated rings. The molecule has 0 saturated heterocycles. The van der Waals surface area contributed by atoms with E-state index in [1.807, 2.05) is 6.07 Å². The van der Waals surface area contributed by atoms with Gasteiger partial charge in [0, 0.05) is 5.39 Å². The summed E-state index contributed by atoms with van der Waals surface area (Å²) in [5.41, 5.74) is 3.50. The third-order valence-electron chi connectivity index (χ3n) is 5.02. The molecule has 0 unspecified atom stereocenters. The number of carbonyl (C=O) groups excluding carboxylic acids is 1. The summed E-state index contributed by atoms with van der Waals surface area (Å²) in [6.45, 7) is 0. The Bertz CT molecular complexity index is 1340. The Labute approximate surface area is 166 Å². The third kappa shape index (κ3) is 2.87. The van der Waals surface area contributed by atoms with Crippen LogP contribution < -0.4 is 5.32 Å². The molecule has 0 atom stereocenters. The summed E-state index contributed by atoms with van der Waals surface area (Å²) in [6.07, 6.45) is 2.06. The van der Waals surface area contributed by atoms with Gasteiger partial charge in [-0.05, 0) is 47.6 Å². The number of thiazole rings is 1. The summed E-state index contributed by atoms with van der Waals surface area (Å²) in [7, 11) is -3.68. The van der Waals surface area contributed by atoms with Crippen LogP contribution in [-0.4, -0.2) is 25.1 Å². The zero-order valence-corrected chi connectivity index (χ0v) is 16.4. The summed E-state index contributed by atoms with van der Waals surface area (Å²) in [4.78, 5) is 17.1. The molecule has 4 aromatic rings. The Morgan fingerprint density at radius 3 is 2.64 bits per heavy atom. The molecule has 7 heteroatoms. The number of fused-ring (bicyclic) bond motifs is 2. The van der Waals surface area contributed by atoms with Crippen LogP contribution in [0.15, 0.2) is 59.5 Å². The van der Waals surface area contributed by atoms with Crippen LogP contribution in [0.1, 0.15) is 11.1 Å². The molecule has 0 spiro atoms. The molecule has 5 rings (SSSR count). The monoisotopic (exact) mass is 408 g/mol. The predicted molar refractivity (Wildman–Crippen MR) is 112 cm³/mol. The molecule has 28 heavy (non-hydrogen) atoms. The fourth-order valence-electron chi connectivity index (χ4n) is 3.80. The van der Waals surface area contributed by atoms with E-state index in [9.17, 15) is 13.2 Å². The van der Waals surface area contributed by atoms with Crippen LogP contribution in [0.3, 0.4) is 0 Å². The molecule has 0 radical (unpaired) electrons. The van der Waals surface area contributed by atoms with Gasteiger partial charge in [-0.15, -0.1) is 0 Å². The number of nitrogens with zero attached hydrogens (tertiary/aromatic N) is 1. The second kappa shape index (κ2) is 6.39. The number of anilines is 1. The first-order valence-corrected chi connectivity index (χ1v) is 11.4. The summed E-state index contributed by atoms with van der Waals surface area (Å²) < 4.78 is 25.8.